The van der Waals surface area contributed by atoms with Crippen LogP contribution in [0.3, 0.4) is 0 Å². The molecule has 1 heterocycles. The van der Waals surface area contributed by atoms with Gasteiger partial charge in [0.2, 0.25) is 0 Å². The molecule has 7 nitrogen and oxygen atoms in total. The summed E-state index contributed by atoms with van der Waals surface area (Å²) in [5.41, 5.74) is 7.35. The summed E-state index contributed by atoms with van der Waals surface area (Å²) in [6, 6.07) is 12.1. The molecule has 2 N–H and O–H groups in total. The third kappa shape index (κ3) is 3.97. The Kier molecular flexibility index (Phi) is 5.49. The summed E-state index contributed by atoms with van der Waals surface area (Å²) < 4.78 is 10.5. The Labute approximate surface area is 158 Å². The fourth-order valence-corrected chi connectivity index (χ4v) is 3.09. The SMILES string of the molecule is COc1cc(OC)cc(C(=O)N2CCN(C(=O)c3ccccc3N)CC2)c1. The fraction of sp³-hybridized carbons (Fsp3) is 0.300. The molecule has 0 unspecified atom stereocenters. The number of amides is 2. The summed E-state index contributed by atoms with van der Waals surface area (Å²) >= 11 is 0. The van der Waals surface area contributed by atoms with Crippen LogP contribution in [0.1, 0.15) is 20.7 Å². The summed E-state index contributed by atoms with van der Waals surface area (Å²) in [6.07, 6.45) is 0. The fourth-order valence-electron chi connectivity index (χ4n) is 3.09. The smallest absolute Gasteiger partial charge is 0.256 e. The van der Waals surface area contributed by atoms with Gasteiger partial charge >= 0.3 is 0 Å². The molecule has 0 saturated carbocycles. The summed E-state index contributed by atoms with van der Waals surface area (Å²) in [5.74, 6) is 0.902. The minimum absolute atomic E-state index is 0.108. The molecule has 0 radical (unpaired) electrons. The zero-order valence-electron chi connectivity index (χ0n) is 15.5. The largest absolute Gasteiger partial charge is 0.497 e. The molecule has 2 amide bonds. The number of piperazine rings is 1. The van der Waals surface area contributed by atoms with E-state index in [0.717, 1.165) is 0 Å². The minimum atomic E-state index is -0.112. The highest BCUT2D eigenvalue weighted by molar-refractivity contribution is 5.99. The molecule has 0 aliphatic carbocycles. The molecule has 7 heteroatoms. The second-order valence-corrected chi connectivity index (χ2v) is 6.27. The van der Waals surface area contributed by atoms with Gasteiger partial charge < -0.3 is 25.0 Å². The van der Waals surface area contributed by atoms with Gasteiger partial charge in [0, 0.05) is 43.5 Å². The molecule has 0 atom stereocenters. The monoisotopic (exact) mass is 369 g/mol. The number of benzene rings is 2. The van der Waals surface area contributed by atoms with Crippen molar-refractivity contribution in [2.24, 2.45) is 0 Å². The van der Waals surface area contributed by atoms with E-state index in [2.05, 4.69) is 0 Å². The van der Waals surface area contributed by atoms with Crippen LogP contribution in [0.4, 0.5) is 5.69 Å². The van der Waals surface area contributed by atoms with Crippen LogP contribution in [0.15, 0.2) is 42.5 Å². The normalized spacial score (nSPS) is 14.0. The average Bonchev–Trinajstić information content (AvgIpc) is 2.72. The molecule has 2 aromatic rings. The van der Waals surface area contributed by atoms with Crippen molar-refractivity contribution in [2.45, 2.75) is 0 Å². The van der Waals surface area contributed by atoms with Crippen molar-refractivity contribution in [2.75, 3.05) is 46.1 Å². The third-order valence-electron chi connectivity index (χ3n) is 4.64. The molecule has 142 valence electrons. The Morgan fingerprint density at radius 3 is 1.89 bits per heavy atom. The Morgan fingerprint density at radius 1 is 0.852 bits per heavy atom. The van der Waals surface area contributed by atoms with Crippen molar-refractivity contribution in [3.63, 3.8) is 0 Å². The Balaban J connectivity index is 1.68. The quantitative estimate of drug-likeness (QED) is 0.832. The van der Waals surface area contributed by atoms with Gasteiger partial charge in [0.05, 0.1) is 19.8 Å². The Hall–Kier alpha value is -3.22. The molecule has 1 saturated heterocycles. The van der Waals surface area contributed by atoms with Gasteiger partial charge in [-0.15, -0.1) is 0 Å². The van der Waals surface area contributed by atoms with Gasteiger partial charge in [-0.2, -0.15) is 0 Å². The van der Waals surface area contributed by atoms with E-state index in [1.165, 1.54) is 0 Å². The van der Waals surface area contributed by atoms with Gasteiger partial charge in [0.1, 0.15) is 11.5 Å². The molecule has 0 bridgehead atoms. The first-order valence-electron chi connectivity index (χ1n) is 8.69. The second kappa shape index (κ2) is 7.99. The van der Waals surface area contributed by atoms with Crippen molar-refractivity contribution >= 4 is 17.5 Å². The van der Waals surface area contributed by atoms with E-state index in [9.17, 15) is 9.59 Å². The molecule has 1 fully saturated rings. The maximum Gasteiger partial charge on any atom is 0.256 e. The van der Waals surface area contributed by atoms with E-state index in [1.807, 2.05) is 0 Å². The molecule has 2 aromatic carbocycles. The predicted octanol–water partition coefficient (Wildman–Crippen LogP) is 1.88. The van der Waals surface area contributed by atoms with Crippen molar-refractivity contribution in [3.05, 3.63) is 53.6 Å². The molecule has 3 rings (SSSR count). The second-order valence-electron chi connectivity index (χ2n) is 6.27. The van der Waals surface area contributed by atoms with Crippen molar-refractivity contribution < 1.29 is 19.1 Å². The van der Waals surface area contributed by atoms with Gasteiger partial charge in [-0.3, -0.25) is 9.59 Å². The number of hydrogen-bond donors (Lipinski definition) is 1. The van der Waals surface area contributed by atoms with Crippen LogP contribution in [0, 0.1) is 0 Å². The van der Waals surface area contributed by atoms with Crippen molar-refractivity contribution in [3.8, 4) is 11.5 Å². The number of anilines is 1. The van der Waals surface area contributed by atoms with Gasteiger partial charge in [-0.05, 0) is 24.3 Å². The first-order valence-corrected chi connectivity index (χ1v) is 8.69. The Bertz CT molecular complexity index is 823. The maximum atomic E-state index is 12.8. The number of carbonyl (C=O) groups is 2. The van der Waals surface area contributed by atoms with Gasteiger partial charge in [-0.1, -0.05) is 12.1 Å². The number of carbonyl (C=O) groups excluding carboxylic acids is 2. The lowest BCUT2D eigenvalue weighted by atomic mass is 10.1. The van der Waals surface area contributed by atoms with Crippen molar-refractivity contribution in [1.29, 1.82) is 0 Å². The summed E-state index contributed by atoms with van der Waals surface area (Å²) in [5, 5.41) is 0. The van der Waals surface area contributed by atoms with Gasteiger partial charge in [0.25, 0.3) is 11.8 Å². The number of ether oxygens (including phenoxy) is 2. The molecular formula is C20H23N3O4. The summed E-state index contributed by atoms with van der Waals surface area (Å²) in [4.78, 5) is 28.9. The third-order valence-corrected chi connectivity index (χ3v) is 4.64. The number of nitrogens with zero attached hydrogens (tertiary/aromatic N) is 2. The van der Waals surface area contributed by atoms with E-state index in [1.54, 1.807) is 66.5 Å². The number of rotatable bonds is 4. The maximum absolute atomic E-state index is 12.8. The van der Waals surface area contributed by atoms with E-state index >= 15 is 0 Å². The molecule has 27 heavy (non-hydrogen) atoms. The number of para-hydroxylation sites is 1. The average molecular weight is 369 g/mol. The lowest BCUT2D eigenvalue weighted by Gasteiger charge is -2.35. The van der Waals surface area contributed by atoms with Crippen molar-refractivity contribution in [1.82, 2.24) is 9.80 Å². The summed E-state index contributed by atoms with van der Waals surface area (Å²) in [6.45, 7) is 1.83. The molecular weight excluding hydrogens is 346 g/mol. The van der Waals surface area contributed by atoms with Crippen LogP contribution in [0.5, 0.6) is 11.5 Å². The lowest BCUT2D eigenvalue weighted by molar-refractivity contribution is 0.0535. The zero-order valence-corrected chi connectivity index (χ0v) is 15.5. The number of nitrogens with two attached hydrogens (primary N) is 1. The number of nitrogen functional groups attached to an aromatic ring is 1. The van der Waals surface area contributed by atoms with Crippen LogP contribution in [-0.2, 0) is 0 Å². The molecule has 1 aliphatic heterocycles. The molecule has 0 aromatic heterocycles. The van der Waals surface area contributed by atoms with Crippen LogP contribution < -0.4 is 15.2 Å². The summed E-state index contributed by atoms with van der Waals surface area (Å²) in [7, 11) is 3.09. The van der Waals surface area contributed by atoms with Crippen LogP contribution in [0.25, 0.3) is 0 Å². The number of methoxy groups -OCH3 is 2. The predicted molar refractivity (Wildman–Crippen MR) is 102 cm³/mol. The zero-order chi connectivity index (χ0) is 19.4. The Morgan fingerprint density at radius 2 is 1.37 bits per heavy atom. The van der Waals surface area contributed by atoms with Crippen LogP contribution in [0.2, 0.25) is 0 Å². The van der Waals surface area contributed by atoms with E-state index in [-0.39, 0.29) is 11.8 Å². The van der Waals surface area contributed by atoms with Crippen LogP contribution in [-0.4, -0.2) is 62.0 Å². The highest BCUT2D eigenvalue weighted by atomic mass is 16.5. The highest BCUT2D eigenvalue weighted by Crippen LogP contribution is 2.24. The van der Waals surface area contributed by atoms with Crippen LogP contribution >= 0.6 is 0 Å². The minimum Gasteiger partial charge on any atom is -0.497 e. The number of hydrogen-bond acceptors (Lipinski definition) is 5. The van der Waals surface area contributed by atoms with E-state index in [0.29, 0.717) is 54.5 Å². The first-order chi connectivity index (χ1) is 13.0. The lowest BCUT2D eigenvalue weighted by Crippen LogP contribution is -2.50. The first kappa shape index (κ1) is 18.6. The van der Waals surface area contributed by atoms with Gasteiger partial charge in [-0.25, -0.2) is 0 Å². The highest BCUT2D eigenvalue weighted by Gasteiger charge is 2.26. The van der Waals surface area contributed by atoms with E-state index in [4.69, 9.17) is 15.2 Å². The van der Waals surface area contributed by atoms with E-state index < -0.39 is 0 Å². The standard InChI is InChI=1S/C20H23N3O4/c1-26-15-11-14(12-16(13-15)27-2)19(24)22-7-9-23(10-8-22)20(25)17-5-3-4-6-18(17)21/h3-6,11-13H,7-10,21H2,1-2H3. The topological polar surface area (TPSA) is 85.1 Å². The molecule has 0 spiro atoms. The van der Waals surface area contributed by atoms with Gasteiger partial charge in [0.15, 0.2) is 0 Å². The molecule has 1 aliphatic rings.